The molecule has 5 nitrogen and oxygen atoms in total. The van der Waals surface area contributed by atoms with Crippen molar-refractivity contribution in [1.29, 1.82) is 0 Å². The number of H-pyrrole nitrogens is 1. The number of nitrogens with one attached hydrogen (secondary N) is 1. The van der Waals surface area contributed by atoms with Gasteiger partial charge in [-0.2, -0.15) is 0 Å². The Balaban J connectivity index is 2.17. The van der Waals surface area contributed by atoms with Gasteiger partial charge in [0.15, 0.2) is 16.3 Å². The largest absolute Gasteiger partial charge is 0.493 e. The molecule has 0 amide bonds. The molecule has 1 N–H and O–H groups in total. The van der Waals surface area contributed by atoms with Crippen LogP contribution in [0, 0.1) is 4.77 Å². The van der Waals surface area contributed by atoms with Gasteiger partial charge < -0.3 is 14.5 Å². The molecule has 0 saturated heterocycles. The van der Waals surface area contributed by atoms with E-state index in [0.29, 0.717) is 38.7 Å². The summed E-state index contributed by atoms with van der Waals surface area (Å²) in [5.41, 5.74) is 1.35. The van der Waals surface area contributed by atoms with Gasteiger partial charge in [-0.1, -0.05) is 23.7 Å². The lowest BCUT2D eigenvalue weighted by Crippen LogP contribution is -2.22. The van der Waals surface area contributed by atoms with Gasteiger partial charge in [0.05, 0.1) is 31.7 Å². The molecule has 1 aromatic heterocycles. The summed E-state index contributed by atoms with van der Waals surface area (Å²) < 4.78 is 12.4. The molecule has 3 aromatic rings. The molecular formula is C17H15ClN2O3S. The van der Waals surface area contributed by atoms with Crippen LogP contribution in [0.2, 0.25) is 5.02 Å². The first-order valence-electron chi connectivity index (χ1n) is 7.17. The fourth-order valence-corrected chi connectivity index (χ4v) is 2.88. The summed E-state index contributed by atoms with van der Waals surface area (Å²) in [6, 6.07) is 10.6. The predicted molar refractivity (Wildman–Crippen MR) is 97.1 cm³/mol. The molecule has 0 saturated carbocycles. The summed E-state index contributed by atoms with van der Waals surface area (Å²) >= 11 is 11.2. The number of ether oxygens (including phenoxy) is 2. The molecule has 7 heteroatoms. The third kappa shape index (κ3) is 3.02. The van der Waals surface area contributed by atoms with Crippen molar-refractivity contribution in [2.75, 3.05) is 14.2 Å². The molecule has 0 bridgehead atoms. The molecule has 0 aliphatic rings. The summed E-state index contributed by atoms with van der Waals surface area (Å²) in [7, 11) is 3.07. The van der Waals surface area contributed by atoms with Crippen molar-refractivity contribution in [3.63, 3.8) is 0 Å². The number of hydrogen-bond acceptors (Lipinski definition) is 4. The molecule has 0 aliphatic heterocycles. The molecule has 0 fully saturated rings. The molecule has 0 unspecified atom stereocenters. The van der Waals surface area contributed by atoms with Crippen LogP contribution in [0.15, 0.2) is 41.2 Å². The lowest BCUT2D eigenvalue weighted by atomic mass is 10.2. The van der Waals surface area contributed by atoms with Crippen LogP contribution in [-0.4, -0.2) is 23.8 Å². The van der Waals surface area contributed by atoms with E-state index in [1.165, 1.54) is 11.7 Å². The van der Waals surface area contributed by atoms with E-state index in [2.05, 4.69) is 4.98 Å². The molecule has 24 heavy (non-hydrogen) atoms. The van der Waals surface area contributed by atoms with Crippen molar-refractivity contribution in [2.45, 2.75) is 6.54 Å². The second kappa shape index (κ2) is 6.67. The van der Waals surface area contributed by atoms with Gasteiger partial charge in [-0.3, -0.25) is 9.36 Å². The average molecular weight is 363 g/mol. The van der Waals surface area contributed by atoms with E-state index in [0.717, 1.165) is 5.56 Å². The lowest BCUT2D eigenvalue weighted by molar-refractivity contribution is 0.355. The monoisotopic (exact) mass is 362 g/mol. The Labute approximate surface area is 148 Å². The van der Waals surface area contributed by atoms with Gasteiger partial charge in [0, 0.05) is 11.1 Å². The Morgan fingerprint density at radius 1 is 1.12 bits per heavy atom. The molecule has 0 aliphatic carbocycles. The lowest BCUT2D eigenvalue weighted by Gasteiger charge is -2.12. The van der Waals surface area contributed by atoms with Crippen LogP contribution in [0.1, 0.15) is 5.56 Å². The van der Waals surface area contributed by atoms with Crippen molar-refractivity contribution >= 4 is 34.7 Å². The molecule has 2 aromatic carbocycles. The summed E-state index contributed by atoms with van der Waals surface area (Å²) in [4.78, 5) is 15.9. The minimum absolute atomic E-state index is 0.190. The van der Waals surface area contributed by atoms with Crippen LogP contribution in [-0.2, 0) is 6.54 Å². The Bertz CT molecular complexity index is 1010. The fraction of sp³-hybridized carbons (Fsp3) is 0.176. The first kappa shape index (κ1) is 16.5. The van der Waals surface area contributed by atoms with Crippen molar-refractivity contribution in [2.24, 2.45) is 0 Å². The first-order valence-corrected chi connectivity index (χ1v) is 7.95. The van der Waals surface area contributed by atoms with Crippen molar-refractivity contribution < 1.29 is 9.47 Å². The van der Waals surface area contributed by atoms with Crippen LogP contribution in [0.3, 0.4) is 0 Å². The Kier molecular flexibility index (Phi) is 4.59. The zero-order valence-electron chi connectivity index (χ0n) is 13.1. The van der Waals surface area contributed by atoms with E-state index in [4.69, 9.17) is 33.3 Å². The maximum absolute atomic E-state index is 12.8. The Morgan fingerprint density at radius 2 is 1.75 bits per heavy atom. The maximum Gasteiger partial charge on any atom is 0.262 e. The van der Waals surface area contributed by atoms with E-state index < -0.39 is 0 Å². The number of nitrogens with zero attached hydrogens (tertiary/aromatic N) is 1. The summed E-state index contributed by atoms with van der Waals surface area (Å²) in [6.07, 6.45) is 0. The maximum atomic E-state index is 12.8. The molecule has 1 heterocycles. The number of fused-ring (bicyclic) bond motifs is 1. The zero-order chi connectivity index (χ0) is 17.3. The topological polar surface area (TPSA) is 56.2 Å². The second-order valence-electron chi connectivity index (χ2n) is 5.20. The number of benzene rings is 2. The van der Waals surface area contributed by atoms with E-state index >= 15 is 0 Å². The van der Waals surface area contributed by atoms with Gasteiger partial charge in [-0.15, -0.1) is 0 Å². The predicted octanol–water partition coefficient (Wildman–Crippen LogP) is 3.78. The summed E-state index contributed by atoms with van der Waals surface area (Å²) in [6.45, 7) is 0.357. The number of hydrogen-bond donors (Lipinski definition) is 1. The number of rotatable bonds is 4. The van der Waals surface area contributed by atoms with Crippen molar-refractivity contribution in [3.05, 3.63) is 62.1 Å². The second-order valence-corrected chi connectivity index (χ2v) is 6.02. The van der Waals surface area contributed by atoms with E-state index in [9.17, 15) is 4.79 Å². The van der Waals surface area contributed by atoms with E-state index in [1.807, 2.05) is 12.1 Å². The Morgan fingerprint density at radius 3 is 2.38 bits per heavy atom. The molecule has 0 atom stereocenters. The average Bonchev–Trinajstić information content (AvgIpc) is 2.59. The van der Waals surface area contributed by atoms with E-state index in [1.54, 1.807) is 31.4 Å². The summed E-state index contributed by atoms with van der Waals surface area (Å²) in [5.74, 6) is 1.02. The van der Waals surface area contributed by atoms with E-state index in [-0.39, 0.29) is 5.56 Å². The highest BCUT2D eigenvalue weighted by molar-refractivity contribution is 7.71. The molecule has 0 radical (unpaired) electrons. The van der Waals surface area contributed by atoms with Crippen molar-refractivity contribution in [1.82, 2.24) is 9.55 Å². The van der Waals surface area contributed by atoms with Gasteiger partial charge in [-0.25, -0.2) is 0 Å². The highest BCUT2D eigenvalue weighted by Gasteiger charge is 2.12. The van der Waals surface area contributed by atoms with Crippen LogP contribution < -0.4 is 15.0 Å². The molecular weight excluding hydrogens is 348 g/mol. The SMILES string of the molecule is COc1cc2[nH]c(=S)n(Cc3ccc(Cl)cc3)c(=O)c2cc1OC. The molecule has 124 valence electrons. The highest BCUT2D eigenvalue weighted by Crippen LogP contribution is 2.30. The number of aromatic nitrogens is 2. The first-order chi connectivity index (χ1) is 11.5. The number of methoxy groups -OCH3 is 2. The fourth-order valence-electron chi connectivity index (χ4n) is 2.50. The van der Waals surface area contributed by atoms with Crippen LogP contribution >= 0.6 is 23.8 Å². The molecule has 0 spiro atoms. The van der Waals surface area contributed by atoms with Crippen LogP contribution in [0.25, 0.3) is 10.9 Å². The molecule has 3 rings (SSSR count). The van der Waals surface area contributed by atoms with Crippen LogP contribution in [0.5, 0.6) is 11.5 Å². The quantitative estimate of drug-likeness (QED) is 0.718. The third-order valence-electron chi connectivity index (χ3n) is 3.74. The minimum atomic E-state index is -0.190. The standard InChI is InChI=1S/C17H15ClN2O3S/c1-22-14-7-12-13(8-15(14)23-2)19-17(24)20(16(12)21)9-10-3-5-11(18)6-4-10/h3-8H,9H2,1-2H3,(H,19,24). The van der Waals surface area contributed by atoms with Gasteiger partial charge in [0.2, 0.25) is 0 Å². The third-order valence-corrected chi connectivity index (χ3v) is 4.31. The van der Waals surface area contributed by atoms with Gasteiger partial charge in [0.25, 0.3) is 5.56 Å². The van der Waals surface area contributed by atoms with Gasteiger partial charge in [-0.05, 0) is 36.0 Å². The minimum Gasteiger partial charge on any atom is -0.493 e. The van der Waals surface area contributed by atoms with Crippen molar-refractivity contribution in [3.8, 4) is 11.5 Å². The normalized spacial score (nSPS) is 10.8. The van der Waals surface area contributed by atoms with Gasteiger partial charge >= 0.3 is 0 Å². The smallest absolute Gasteiger partial charge is 0.262 e. The van der Waals surface area contributed by atoms with Crippen LogP contribution in [0.4, 0.5) is 0 Å². The Hall–Kier alpha value is -2.31. The highest BCUT2D eigenvalue weighted by atomic mass is 35.5. The summed E-state index contributed by atoms with van der Waals surface area (Å²) in [5, 5.41) is 1.13. The number of halogens is 1. The zero-order valence-corrected chi connectivity index (χ0v) is 14.7. The van der Waals surface area contributed by atoms with Gasteiger partial charge in [0.1, 0.15) is 0 Å². The number of aromatic amines is 1.